The molecule has 128 valence electrons. The third kappa shape index (κ3) is 3.02. The van der Waals surface area contributed by atoms with Crippen LogP contribution in [0.2, 0.25) is 0 Å². The first kappa shape index (κ1) is 16.2. The van der Waals surface area contributed by atoms with Gasteiger partial charge in [-0.2, -0.15) is 0 Å². The van der Waals surface area contributed by atoms with E-state index in [9.17, 15) is 5.11 Å². The molecule has 0 atom stereocenters. The van der Waals surface area contributed by atoms with Crippen molar-refractivity contribution in [1.29, 1.82) is 0 Å². The Labute approximate surface area is 154 Å². The van der Waals surface area contributed by atoms with E-state index in [-0.39, 0.29) is 0 Å². The second-order valence-corrected chi connectivity index (χ2v) is 6.54. The van der Waals surface area contributed by atoms with E-state index in [0.717, 1.165) is 34.1 Å². The maximum atomic E-state index is 10.6. The summed E-state index contributed by atoms with van der Waals surface area (Å²) in [7, 11) is 2.09. The molecule has 0 amide bonds. The van der Waals surface area contributed by atoms with Gasteiger partial charge in [0, 0.05) is 30.4 Å². The van der Waals surface area contributed by atoms with E-state index < -0.39 is 0 Å². The summed E-state index contributed by atoms with van der Waals surface area (Å²) in [5.41, 5.74) is 4.29. The fourth-order valence-electron chi connectivity index (χ4n) is 3.50. The molecule has 0 aliphatic carbocycles. The molecule has 0 fully saturated rings. The summed E-state index contributed by atoms with van der Waals surface area (Å²) in [6, 6.07) is 30.6. The minimum Gasteiger partial charge on any atom is -0.507 e. The first-order chi connectivity index (χ1) is 12.7. The second kappa shape index (κ2) is 6.93. The van der Waals surface area contributed by atoms with Crippen LogP contribution in [-0.4, -0.2) is 12.2 Å². The van der Waals surface area contributed by atoms with Crippen LogP contribution in [-0.2, 0) is 6.54 Å². The Morgan fingerprint density at radius 3 is 2.27 bits per heavy atom. The van der Waals surface area contributed by atoms with Gasteiger partial charge < -0.3 is 10.0 Å². The van der Waals surface area contributed by atoms with Crippen LogP contribution in [0.1, 0.15) is 5.56 Å². The third-order valence-electron chi connectivity index (χ3n) is 4.75. The molecule has 0 aromatic heterocycles. The van der Waals surface area contributed by atoms with Crippen LogP contribution >= 0.6 is 0 Å². The molecule has 0 saturated carbocycles. The number of para-hydroxylation sites is 1. The van der Waals surface area contributed by atoms with Crippen molar-refractivity contribution in [3.05, 3.63) is 96.6 Å². The zero-order valence-electron chi connectivity index (χ0n) is 14.8. The van der Waals surface area contributed by atoms with Crippen molar-refractivity contribution < 1.29 is 5.11 Å². The molecular weight excluding hydrogens is 318 g/mol. The van der Waals surface area contributed by atoms with Crippen molar-refractivity contribution in [2.45, 2.75) is 6.54 Å². The van der Waals surface area contributed by atoms with Crippen LogP contribution in [0.25, 0.3) is 21.9 Å². The van der Waals surface area contributed by atoms with Crippen LogP contribution < -0.4 is 4.90 Å². The molecule has 0 spiro atoms. The molecule has 0 aliphatic rings. The molecule has 0 radical (unpaired) electrons. The Kier molecular flexibility index (Phi) is 4.32. The minimum absolute atomic E-state index is 0.310. The van der Waals surface area contributed by atoms with E-state index in [1.54, 1.807) is 6.07 Å². The SMILES string of the molecule is CN(Cc1ccccc1)c1ccccc1-c1c(O)ccc2ccccc12. The largest absolute Gasteiger partial charge is 0.507 e. The van der Waals surface area contributed by atoms with Crippen molar-refractivity contribution in [2.24, 2.45) is 0 Å². The van der Waals surface area contributed by atoms with E-state index in [4.69, 9.17) is 0 Å². The number of phenols is 1. The van der Waals surface area contributed by atoms with E-state index >= 15 is 0 Å². The molecule has 4 aromatic carbocycles. The zero-order valence-corrected chi connectivity index (χ0v) is 14.8. The molecule has 1 N–H and O–H groups in total. The summed E-state index contributed by atoms with van der Waals surface area (Å²) in [6.07, 6.45) is 0. The van der Waals surface area contributed by atoms with Gasteiger partial charge in [0.15, 0.2) is 0 Å². The van der Waals surface area contributed by atoms with Crippen molar-refractivity contribution >= 4 is 16.5 Å². The summed E-state index contributed by atoms with van der Waals surface area (Å²) >= 11 is 0. The van der Waals surface area contributed by atoms with Crippen LogP contribution in [0.4, 0.5) is 5.69 Å². The molecular formula is C24H21NO. The average Bonchev–Trinajstić information content (AvgIpc) is 2.69. The summed E-state index contributed by atoms with van der Waals surface area (Å²) in [4.78, 5) is 2.23. The van der Waals surface area contributed by atoms with Gasteiger partial charge in [-0.15, -0.1) is 0 Å². The first-order valence-electron chi connectivity index (χ1n) is 8.79. The van der Waals surface area contributed by atoms with Gasteiger partial charge in [0.05, 0.1) is 0 Å². The summed E-state index contributed by atoms with van der Waals surface area (Å²) in [5, 5.41) is 12.8. The predicted molar refractivity (Wildman–Crippen MR) is 110 cm³/mol. The number of anilines is 1. The van der Waals surface area contributed by atoms with E-state index in [1.807, 2.05) is 36.4 Å². The van der Waals surface area contributed by atoms with Crippen LogP contribution in [0.5, 0.6) is 5.75 Å². The molecule has 2 nitrogen and oxygen atoms in total. The van der Waals surface area contributed by atoms with E-state index in [2.05, 4.69) is 60.5 Å². The first-order valence-corrected chi connectivity index (χ1v) is 8.79. The number of aromatic hydroxyl groups is 1. The molecule has 2 heteroatoms. The summed E-state index contributed by atoms with van der Waals surface area (Å²) in [6.45, 7) is 0.809. The predicted octanol–water partition coefficient (Wildman–Crippen LogP) is 5.85. The van der Waals surface area contributed by atoms with E-state index in [0.29, 0.717) is 5.75 Å². The topological polar surface area (TPSA) is 23.5 Å². The zero-order chi connectivity index (χ0) is 17.9. The van der Waals surface area contributed by atoms with Crippen LogP contribution in [0, 0.1) is 0 Å². The number of hydrogen-bond acceptors (Lipinski definition) is 2. The summed E-state index contributed by atoms with van der Waals surface area (Å²) < 4.78 is 0. The molecule has 0 bridgehead atoms. The highest BCUT2D eigenvalue weighted by atomic mass is 16.3. The number of fused-ring (bicyclic) bond motifs is 1. The highest BCUT2D eigenvalue weighted by Crippen LogP contribution is 2.41. The van der Waals surface area contributed by atoms with Gasteiger partial charge in [-0.3, -0.25) is 0 Å². The van der Waals surface area contributed by atoms with Gasteiger partial charge in [0.25, 0.3) is 0 Å². The molecule has 0 saturated heterocycles. The standard InChI is InChI=1S/C24H21NO/c1-25(17-18-9-3-2-4-10-18)22-14-8-7-13-21(22)24-20-12-6-5-11-19(20)15-16-23(24)26/h2-16,26H,17H2,1H3. The quantitative estimate of drug-likeness (QED) is 0.504. The van der Waals surface area contributed by atoms with Crippen molar-refractivity contribution in [3.63, 3.8) is 0 Å². The highest BCUT2D eigenvalue weighted by molar-refractivity contribution is 6.02. The second-order valence-electron chi connectivity index (χ2n) is 6.54. The molecule has 0 unspecified atom stereocenters. The lowest BCUT2D eigenvalue weighted by Crippen LogP contribution is -2.17. The van der Waals surface area contributed by atoms with Gasteiger partial charge in [-0.05, 0) is 28.5 Å². The van der Waals surface area contributed by atoms with Gasteiger partial charge in [0.2, 0.25) is 0 Å². The Balaban J connectivity index is 1.83. The van der Waals surface area contributed by atoms with Crippen LogP contribution in [0.15, 0.2) is 91.0 Å². The normalized spacial score (nSPS) is 10.8. The fraction of sp³-hybridized carbons (Fsp3) is 0.0833. The van der Waals surface area contributed by atoms with Gasteiger partial charge >= 0.3 is 0 Å². The lowest BCUT2D eigenvalue weighted by atomic mass is 9.95. The fourth-order valence-corrected chi connectivity index (χ4v) is 3.50. The lowest BCUT2D eigenvalue weighted by molar-refractivity contribution is 0.478. The van der Waals surface area contributed by atoms with E-state index in [1.165, 1.54) is 5.56 Å². The Bertz CT molecular complexity index is 1040. The molecule has 0 heterocycles. The summed E-state index contributed by atoms with van der Waals surface area (Å²) in [5.74, 6) is 0.310. The maximum Gasteiger partial charge on any atom is 0.124 e. The lowest BCUT2D eigenvalue weighted by Gasteiger charge is -2.23. The Morgan fingerprint density at radius 2 is 1.42 bits per heavy atom. The Hall–Kier alpha value is -3.26. The molecule has 0 aliphatic heterocycles. The smallest absolute Gasteiger partial charge is 0.124 e. The molecule has 26 heavy (non-hydrogen) atoms. The molecule has 4 aromatic rings. The third-order valence-corrected chi connectivity index (χ3v) is 4.75. The number of nitrogens with zero attached hydrogens (tertiary/aromatic N) is 1. The van der Waals surface area contributed by atoms with Crippen molar-refractivity contribution in [2.75, 3.05) is 11.9 Å². The van der Waals surface area contributed by atoms with Gasteiger partial charge in [-0.1, -0.05) is 78.9 Å². The van der Waals surface area contributed by atoms with Gasteiger partial charge in [-0.25, -0.2) is 0 Å². The minimum atomic E-state index is 0.310. The number of rotatable bonds is 4. The average molecular weight is 339 g/mol. The van der Waals surface area contributed by atoms with Crippen molar-refractivity contribution in [3.8, 4) is 16.9 Å². The maximum absolute atomic E-state index is 10.6. The molecule has 4 rings (SSSR count). The Morgan fingerprint density at radius 1 is 0.731 bits per heavy atom. The van der Waals surface area contributed by atoms with Crippen molar-refractivity contribution in [1.82, 2.24) is 0 Å². The monoisotopic (exact) mass is 339 g/mol. The van der Waals surface area contributed by atoms with Crippen LogP contribution in [0.3, 0.4) is 0 Å². The number of benzene rings is 4. The number of hydrogen-bond donors (Lipinski definition) is 1. The highest BCUT2D eigenvalue weighted by Gasteiger charge is 2.15. The number of phenolic OH excluding ortho intramolecular Hbond substituents is 1. The van der Waals surface area contributed by atoms with Gasteiger partial charge in [0.1, 0.15) is 5.75 Å².